The molecule has 132 valence electrons. The van der Waals surface area contributed by atoms with Crippen LogP contribution in [0.15, 0.2) is 64.4 Å². The smallest absolute Gasteiger partial charge is 0.258 e. The maximum absolute atomic E-state index is 5.86. The molecule has 5 aromatic rings. The van der Waals surface area contributed by atoms with Gasteiger partial charge in [0.15, 0.2) is 0 Å². The fourth-order valence-electron chi connectivity index (χ4n) is 2.98. The first-order valence-electron chi connectivity index (χ1n) is 8.53. The molecule has 2 aromatic carbocycles. The predicted octanol–water partition coefficient (Wildman–Crippen LogP) is 4.57. The van der Waals surface area contributed by atoms with Gasteiger partial charge < -0.3 is 4.42 Å². The lowest BCUT2D eigenvalue weighted by Gasteiger charge is -2.03. The van der Waals surface area contributed by atoms with E-state index in [1.807, 2.05) is 71.6 Å². The molecule has 0 N–H and O–H groups in total. The van der Waals surface area contributed by atoms with Crippen LogP contribution in [-0.4, -0.2) is 25.2 Å². The van der Waals surface area contributed by atoms with Gasteiger partial charge in [0, 0.05) is 5.56 Å². The Hall–Kier alpha value is -3.32. The Bertz CT molecular complexity index is 1220. The van der Waals surface area contributed by atoms with Gasteiger partial charge in [0.25, 0.3) is 5.89 Å². The second-order valence-electron chi connectivity index (χ2n) is 6.28. The Labute approximate surface area is 159 Å². The average molecular weight is 373 g/mol. The summed E-state index contributed by atoms with van der Waals surface area (Å²) >= 11 is 1.60. The number of hydrogen-bond acceptors (Lipinski definition) is 6. The van der Waals surface area contributed by atoms with Crippen molar-refractivity contribution in [2.45, 2.75) is 13.5 Å². The lowest BCUT2D eigenvalue weighted by Crippen LogP contribution is -2.01. The molecule has 0 radical (unpaired) electrons. The minimum absolute atomic E-state index is 0.524. The van der Waals surface area contributed by atoms with E-state index in [0.717, 1.165) is 32.6 Å². The summed E-state index contributed by atoms with van der Waals surface area (Å²) in [7, 11) is 0. The molecule has 0 aliphatic carbocycles. The Kier molecular flexibility index (Phi) is 3.79. The first kappa shape index (κ1) is 15.9. The lowest BCUT2D eigenvalue weighted by atomic mass is 10.1. The van der Waals surface area contributed by atoms with Crippen LogP contribution in [0, 0.1) is 6.92 Å². The summed E-state index contributed by atoms with van der Waals surface area (Å²) in [6.45, 7) is 2.70. The number of thiophene rings is 1. The molecule has 0 fully saturated rings. The van der Waals surface area contributed by atoms with E-state index in [0.29, 0.717) is 18.3 Å². The van der Waals surface area contributed by atoms with Crippen molar-refractivity contribution in [3.63, 3.8) is 0 Å². The molecule has 0 spiro atoms. The molecule has 0 bridgehead atoms. The molecule has 0 aliphatic rings. The third kappa shape index (κ3) is 2.92. The zero-order chi connectivity index (χ0) is 18.2. The Balaban J connectivity index is 1.39. The summed E-state index contributed by atoms with van der Waals surface area (Å²) < 4.78 is 7.76. The SMILES string of the molecule is Cc1ccsc1-c1nnc(-c2ccc(Cn3nnc4ccccc43)cc2)o1. The molecule has 6 nitrogen and oxygen atoms in total. The van der Waals surface area contributed by atoms with Gasteiger partial charge in [0.2, 0.25) is 5.89 Å². The highest BCUT2D eigenvalue weighted by Gasteiger charge is 2.13. The molecule has 27 heavy (non-hydrogen) atoms. The molecular formula is C20H15N5OS. The van der Waals surface area contributed by atoms with Gasteiger partial charge in [-0.15, -0.1) is 26.6 Å². The molecule has 0 saturated heterocycles. The van der Waals surface area contributed by atoms with Crippen molar-refractivity contribution in [3.8, 4) is 22.2 Å². The van der Waals surface area contributed by atoms with E-state index >= 15 is 0 Å². The normalized spacial score (nSPS) is 11.3. The van der Waals surface area contributed by atoms with Crippen LogP contribution in [0.4, 0.5) is 0 Å². The average Bonchev–Trinajstić information content (AvgIpc) is 3.43. The molecule has 5 rings (SSSR count). The summed E-state index contributed by atoms with van der Waals surface area (Å²) in [5, 5.41) is 18.8. The van der Waals surface area contributed by atoms with Gasteiger partial charge in [-0.2, -0.15) is 0 Å². The standard InChI is InChI=1S/C20H15N5OS/c1-13-10-11-27-18(13)20-23-22-19(26-20)15-8-6-14(7-9-15)12-25-17-5-3-2-4-16(17)21-24-25/h2-11H,12H2,1H3. The number of aryl methyl sites for hydroxylation is 1. The number of aromatic nitrogens is 5. The highest BCUT2D eigenvalue weighted by atomic mass is 32.1. The molecule has 0 unspecified atom stereocenters. The van der Waals surface area contributed by atoms with Gasteiger partial charge in [0.05, 0.1) is 16.9 Å². The number of fused-ring (bicyclic) bond motifs is 1. The molecular weight excluding hydrogens is 358 g/mol. The summed E-state index contributed by atoms with van der Waals surface area (Å²) in [4.78, 5) is 1.02. The van der Waals surface area contributed by atoms with Crippen LogP contribution < -0.4 is 0 Å². The lowest BCUT2D eigenvalue weighted by molar-refractivity contribution is 0.585. The van der Waals surface area contributed by atoms with E-state index in [9.17, 15) is 0 Å². The number of benzene rings is 2. The highest BCUT2D eigenvalue weighted by molar-refractivity contribution is 7.13. The summed E-state index contributed by atoms with van der Waals surface area (Å²) in [6, 6.07) is 18.1. The van der Waals surface area contributed by atoms with Crippen molar-refractivity contribution in [2.75, 3.05) is 0 Å². The van der Waals surface area contributed by atoms with Crippen LogP contribution in [0.5, 0.6) is 0 Å². The number of rotatable bonds is 4. The fraction of sp³-hybridized carbons (Fsp3) is 0.100. The Morgan fingerprint density at radius 2 is 1.74 bits per heavy atom. The van der Waals surface area contributed by atoms with Crippen molar-refractivity contribution in [1.82, 2.24) is 25.2 Å². The molecule has 0 aliphatic heterocycles. The van der Waals surface area contributed by atoms with Crippen LogP contribution in [0.25, 0.3) is 33.3 Å². The van der Waals surface area contributed by atoms with Crippen molar-refractivity contribution >= 4 is 22.4 Å². The van der Waals surface area contributed by atoms with Gasteiger partial charge in [0.1, 0.15) is 5.52 Å². The fourth-order valence-corrected chi connectivity index (χ4v) is 3.83. The minimum Gasteiger partial charge on any atom is -0.415 e. The zero-order valence-corrected chi connectivity index (χ0v) is 15.3. The molecule has 0 saturated carbocycles. The molecule has 0 amide bonds. The summed E-state index contributed by atoms with van der Waals surface area (Å²) in [5.41, 5.74) is 5.09. The second kappa shape index (κ2) is 6.44. The number of nitrogens with zero attached hydrogens (tertiary/aromatic N) is 5. The topological polar surface area (TPSA) is 69.6 Å². The summed E-state index contributed by atoms with van der Waals surface area (Å²) in [5.74, 6) is 1.09. The van der Waals surface area contributed by atoms with Crippen molar-refractivity contribution in [2.24, 2.45) is 0 Å². The van der Waals surface area contributed by atoms with E-state index in [-0.39, 0.29) is 0 Å². The molecule has 3 heterocycles. The van der Waals surface area contributed by atoms with Crippen LogP contribution in [0.3, 0.4) is 0 Å². The van der Waals surface area contributed by atoms with Gasteiger partial charge in [-0.25, -0.2) is 4.68 Å². The molecule has 3 aromatic heterocycles. The van der Waals surface area contributed by atoms with Gasteiger partial charge in [-0.1, -0.05) is 29.5 Å². The van der Waals surface area contributed by atoms with Gasteiger partial charge in [-0.05, 0) is 53.8 Å². The van der Waals surface area contributed by atoms with Crippen LogP contribution >= 0.6 is 11.3 Å². The van der Waals surface area contributed by atoms with E-state index in [1.54, 1.807) is 11.3 Å². The molecule has 0 atom stereocenters. The molecule has 7 heteroatoms. The van der Waals surface area contributed by atoms with Gasteiger partial charge in [-0.3, -0.25) is 0 Å². The van der Waals surface area contributed by atoms with Crippen molar-refractivity contribution in [1.29, 1.82) is 0 Å². The maximum Gasteiger partial charge on any atom is 0.258 e. The largest absolute Gasteiger partial charge is 0.415 e. The Morgan fingerprint density at radius 3 is 2.56 bits per heavy atom. The second-order valence-corrected chi connectivity index (χ2v) is 7.19. The van der Waals surface area contributed by atoms with Crippen molar-refractivity contribution in [3.05, 3.63) is 71.1 Å². The number of hydrogen-bond donors (Lipinski definition) is 0. The third-order valence-electron chi connectivity index (χ3n) is 4.43. The highest BCUT2D eigenvalue weighted by Crippen LogP contribution is 2.30. The monoisotopic (exact) mass is 373 g/mol. The number of para-hydroxylation sites is 1. The van der Waals surface area contributed by atoms with E-state index < -0.39 is 0 Å². The summed E-state index contributed by atoms with van der Waals surface area (Å²) in [6.07, 6.45) is 0. The van der Waals surface area contributed by atoms with E-state index in [1.165, 1.54) is 0 Å². The van der Waals surface area contributed by atoms with E-state index in [4.69, 9.17) is 4.42 Å². The zero-order valence-electron chi connectivity index (χ0n) is 14.5. The van der Waals surface area contributed by atoms with Crippen molar-refractivity contribution < 1.29 is 4.42 Å². The van der Waals surface area contributed by atoms with Crippen LogP contribution in [-0.2, 0) is 6.54 Å². The maximum atomic E-state index is 5.86. The quantitative estimate of drug-likeness (QED) is 0.462. The van der Waals surface area contributed by atoms with E-state index in [2.05, 4.69) is 20.5 Å². The third-order valence-corrected chi connectivity index (χ3v) is 5.44. The van der Waals surface area contributed by atoms with Crippen LogP contribution in [0.1, 0.15) is 11.1 Å². The van der Waals surface area contributed by atoms with Crippen LogP contribution in [0.2, 0.25) is 0 Å². The first-order chi connectivity index (χ1) is 13.3. The first-order valence-corrected chi connectivity index (χ1v) is 9.41. The Morgan fingerprint density at radius 1 is 0.926 bits per heavy atom. The predicted molar refractivity (Wildman–Crippen MR) is 104 cm³/mol. The van der Waals surface area contributed by atoms with Gasteiger partial charge >= 0.3 is 0 Å². The minimum atomic E-state index is 0.524.